The molecular formula is C24H32N4O4S. The Kier molecular flexibility index (Phi) is 8.10. The molecule has 0 atom stereocenters. The van der Waals surface area contributed by atoms with Gasteiger partial charge in [0.05, 0.1) is 10.6 Å². The van der Waals surface area contributed by atoms with Gasteiger partial charge in [-0.25, -0.2) is 8.42 Å². The first-order valence-electron chi connectivity index (χ1n) is 11.1. The second-order valence-electron chi connectivity index (χ2n) is 8.46. The summed E-state index contributed by atoms with van der Waals surface area (Å²) in [5, 5.41) is 2.90. The van der Waals surface area contributed by atoms with E-state index in [0.717, 1.165) is 44.5 Å². The number of likely N-dealkylation sites (tertiary alicyclic amines) is 1. The number of rotatable bonds is 9. The number of hydrogen-bond donors (Lipinski definition) is 2. The molecule has 1 saturated heterocycles. The van der Waals surface area contributed by atoms with Gasteiger partial charge in [-0.2, -0.15) is 0 Å². The van der Waals surface area contributed by atoms with Crippen LogP contribution in [0.15, 0.2) is 53.4 Å². The summed E-state index contributed by atoms with van der Waals surface area (Å²) in [5.74, 6) is -0.431. The second-order valence-corrected chi connectivity index (χ2v) is 10.4. The van der Waals surface area contributed by atoms with E-state index in [0.29, 0.717) is 17.8 Å². The van der Waals surface area contributed by atoms with Crippen molar-refractivity contribution in [2.75, 3.05) is 37.5 Å². The van der Waals surface area contributed by atoms with Crippen LogP contribution in [0.5, 0.6) is 0 Å². The third kappa shape index (κ3) is 6.33. The molecule has 3 N–H and O–H groups in total. The third-order valence-corrected chi connectivity index (χ3v) is 7.90. The Morgan fingerprint density at radius 1 is 1.06 bits per heavy atom. The average molecular weight is 473 g/mol. The van der Waals surface area contributed by atoms with E-state index in [9.17, 15) is 18.0 Å². The Hall–Kier alpha value is -2.91. The van der Waals surface area contributed by atoms with Crippen LogP contribution in [0.4, 0.5) is 5.69 Å². The summed E-state index contributed by atoms with van der Waals surface area (Å²) in [4.78, 5) is 26.2. The number of piperidine rings is 1. The number of aryl methyl sites for hydroxylation is 1. The number of nitrogens with zero attached hydrogens (tertiary/aromatic N) is 2. The predicted octanol–water partition coefficient (Wildman–Crippen LogP) is 2.14. The van der Waals surface area contributed by atoms with Crippen molar-refractivity contribution in [3.8, 4) is 0 Å². The number of primary amides is 1. The number of hydrogen-bond acceptors (Lipinski definition) is 5. The first-order valence-corrected chi connectivity index (χ1v) is 12.6. The lowest BCUT2D eigenvalue weighted by Crippen LogP contribution is -2.39. The fourth-order valence-electron chi connectivity index (χ4n) is 3.88. The van der Waals surface area contributed by atoms with Crippen molar-refractivity contribution in [1.82, 2.24) is 10.2 Å². The van der Waals surface area contributed by atoms with E-state index < -0.39 is 10.0 Å². The molecule has 2 aromatic rings. The molecular weight excluding hydrogens is 440 g/mol. The fourth-order valence-corrected chi connectivity index (χ4v) is 5.07. The van der Waals surface area contributed by atoms with Gasteiger partial charge in [0.15, 0.2) is 0 Å². The maximum absolute atomic E-state index is 12.8. The SMILES string of the molecule is Cc1ccc(S(=O)(=O)N(C)c2ccc(C(=O)NCCCN3CCC(C(N)=O)CC3)cc2)cc1. The zero-order valence-corrected chi connectivity index (χ0v) is 20.0. The topological polar surface area (TPSA) is 113 Å². The Morgan fingerprint density at radius 2 is 1.67 bits per heavy atom. The highest BCUT2D eigenvalue weighted by molar-refractivity contribution is 7.92. The van der Waals surface area contributed by atoms with Crippen LogP contribution < -0.4 is 15.4 Å². The number of sulfonamides is 1. The Balaban J connectivity index is 1.48. The van der Waals surface area contributed by atoms with Crippen LogP contribution in [0.2, 0.25) is 0 Å². The highest BCUT2D eigenvalue weighted by Crippen LogP contribution is 2.23. The van der Waals surface area contributed by atoms with Gasteiger partial charge in [0.1, 0.15) is 0 Å². The van der Waals surface area contributed by atoms with Crippen LogP contribution in [0.3, 0.4) is 0 Å². The summed E-state index contributed by atoms with van der Waals surface area (Å²) < 4.78 is 26.9. The minimum absolute atomic E-state index is 0.0187. The first kappa shape index (κ1) is 24.7. The number of nitrogens with one attached hydrogen (secondary N) is 1. The lowest BCUT2D eigenvalue weighted by molar-refractivity contribution is -0.123. The monoisotopic (exact) mass is 472 g/mol. The Morgan fingerprint density at radius 3 is 2.24 bits per heavy atom. The summed E-state index contributed by atoms with van der Waals surface area (Å²) in [6, 6.07) is 13.2. The molecule has 0 aromatic heterocycles. The number of carbonyl (C=O) groups is 2. The zero-order valence-electron chi connectivity index (χ0n) is 19.2. The molecule has 178 valence electrons. The molecule has 0 aliphatic carbocycles. The molecule has 1 aliphatic heterocycles. The summed E-state index contributed by atoms with van der Waals surface area (Å²) in [6.45, 7) is 4.99. The molecule has 9 heteroatoms. The molecule has 3 rings (SSSR count). The van der Waals surface area contributed by atoms with Crippen molar-refractivity contribution in [1.29, 1.82) is 0 Å². The summed E-state index contributed by atoms with van der Waals surface area (Å²) in [7, 11) is -2.18. The minimum Gasteiger partial charge on any atom is -0.369 e. The number of anilines is 1. The lowest BCUT2D eigenvalue weighted by Gasteiger charge is -2.30. The Labute approximate surface area is 195 Å². The van der Waals surface area contributed by atoms with Crippen molar-refractivity contribution in [2.24, 2.45) is 11.7 Å². The molecule has 33 heavy (non-hydrogen) atoms. The van der Waals surface area contributed by atoms with Gasteiger partial charge in [-0.15, -0.1) is 0 Å². The molecule has 1 aliphatic rings. The molecule has 1 heterocycles. The van der Waals surface area contributed by atoms with Gasteiger partial charge >= 0.3 is 0 Å². The maximum atomic E-state index is 12.8. The highest BCUT2D eigenvalue weighted by Gasteiger charge is 2.23. The van der Waals surface area contributed by atoms with Gasteiger partial charge in [-0.05, 0) is 82.2 Å². The Bertz CT molecular complexity index is 1060. The van der Waals surface area contributed by atoms with Gasteiger partial charge in [0.2, 0.25) is 5.91 Å². The van der Waals surface area contributed by atoms with Crippen LogP contribution in [-0.2, 0) is 14.8 Å². The molecule has 2 amide bonds. The van der Waals surface area contributed by atoms with Crippen molar-refractivity contribution in [2.45, 2.75) is 31.1 Å². The molecule has 0 radical (unpaired) electrons. The van der Waals surface area contributed by atoms with Crippen LogP contribution in [0, 0.1) is 12.8 Å². The van der Waals surface area contributed by atoms with E-state index >= 15 is 0 Å². The lowest BCUT2D eigenvalue weighted by atomic mass is 9.96. The quantitative estimate of drug-likeness (QED) is 0.543. The number of carbonyl (C=O) groups excluding carboxylic acids is 2. The first-order chi connectivity index (χ1) is 15.7. The summed E-state index contributed by atoms with van der Waals surface area (Å²) in [5.41, 5.74) is 7.30. The molecule has 0 unspecified atom stereocenters. The van der Waals surface area contributed by atoms with E-state index in [-0.39, 0.29) is 22.6 Å². The number of nitrogens with two attached hydrogens (primary N) is 1. The maximum Gasteiger partial charge on any atom is 0.264 e. The minimum atomic E-state index is -3.68. The molecule has 0 bridgehead atoms. The molecule has 1 fully saturated rings. The smallest absolute Gasteiger partial charge is 0.264 e. The van der Waals surface area contributed by atoms with E-state index in [1.165, 1.54) is 11.4 Å². The third-order valence-electron chi connectivity index (χ3n) is 6.10. The molecule has 0 saturated carbocycles. The van der Waals surface area contributed by atoms with Crippen LogP contribution in [-0.4, -0.2) is 58.4 Å². The van der Waals surface area contributed by atoms with Gasteiger partial charge in [-0.1, -0.05) is 17.7 Å². The van der Waals surface area contributed by atoms with Gasteiger partial charge < -0.3 is 16.0 Å². The van der Waals surface area contributed by atoms with Crippen molar-refractivity contribution < 1.29 is 18.0 Å². The standard InChI is InChI=1S/C24H32N4O4S/c1-18-4-10-22(11-5-18)33(31,32)27(2)21-8-6-20(7-9-21)24(30)26-14-3-15-28-16-12-19(13-17-28)23(25)29/h4-11,19H,3,12-17H2,1-2H3,(H2,25,29)(H,26,30). The normalized spacial score (nSPS) is 15.2. The molecule has 0 spiro atoms. The number of amides is 2. The van der Waals surface area contributed by atoms with E-state index in [1.54, 1.807) is 48.5 Å². The van der Waals surface area contributed by atoms with Gasteiger partial charge in [0.25, 0.3) is 15.9 Å². The van der Waals surface area contributed by atoms with Crippen LogP contribution >= 0.6 is 0 Å². The van der Waals surface area contributed by atoms with Gasteiger partial charge in [-0.3, -0.25) is 13.9 Å². The summed E-state index contributed by atoms with van der Waals surface area (Å²) in [6.07, 6.45) is 2.40. The van der Waals surface area contributed by atoms with Crippen LogP contribution in [0.1, 0.15) is 35.2 Å². The largest absolute Gasteiger partial charge is 0.369 e. The highest BCUT2D eigenvalue weighted by atomic mass is 32.2. The zero-order chi connectivity index (χ0) is 24.0. The predicted molar refractivity (Wildman–Crippen MR) is 129 cm³/mol. The van der Waals surface area contributed by atoms with Crippen molar-refractivity contribution in [3.63, 3.8) is 0 Å². The second kappa shape index (κ2) is 10.8. The average Bonchev–Trinajstić information content (AvgIpc) is 2.82. The fraction of sp³-hybridized carbons (Fsp3) is 0.417. The van der Waals surface area contributed by atoms with E-state index in [2.05, 4.69) is 10.2 Å². The van der Waals surface area contributed by atoms with Crippen molar-refractivity contribution >= 4 is 27.5 Å². The number of benzene rings is 2. The molecule has 2 aromatic carbocycles. The van der Waals surface area contributed by atoms with Crippen LogP contribution in [0.25, 0.3) is 0 Å². The molecule has 8 nitrogen and oxygen atoms in total. The van der Waals surface area contributed by atoms with Crippen molar-refractivity contribution in [3.05, 3.63) is 59.7 Å². The summed E-state index contributed by atoms with van der Waals surface area (Å²) >= 11 is 0. The van der Waals surface area contributed by atoms with E-state index in [4.69, 9.17) is 5.73 Å². The van der Waals surface area contributed by atoms with E-state index in [1.807, 2.05) is 6.92 Å². The van der Waals surface area contributed by atoms with Gasteiger partial charge in [0, 0.05) is 25.1 Å².